The maximum absolute atomic E-state index is 17.2. The van der Waals surface area contributed by atoms with Crippen LogP contribution in [0.4, 0.5) is 14.6 Å². The minimum atomic E-state index is -1.01. The number of nitrogens with zero attached hydrogens (tertiary/aromatic N) is 12. The Morgan fingerprint density at radius 1 is 0.922 bits per heavy atom. The van der Waals surface area contributed by atoms with E-state index in [0.717, 1.165) is 61.5 Å². The summed E-state index contributed by atoms with van der Waals surface area (Å²) < 4.78 is 46.8. The fourth-order valence-electron chi connectivity index (χ4n) is 13.2. The molecule has 474 valence electrons. The number of hydrogen-bond donors (Lipinski definition) is 5. The van der Waals surface area contributed by atoms with Gasteiger partial charge in [0.15, 0.2) is 5.82 Å². The topological polar surface area (TPSA) is 263 Å². The molecular weight excluding hydrogens is 1170 g/mol. The number of thiazole rings is 1. The molecule has 3 aliphatic heterocycles. The van der Waals surface area contributed by atoms with Gasteiger partial charge in [-0.05, 0) is 116 Å². The minimum Gasteiger partial charge on any atom is -0.508 e. The second kappa shape index (κ2) is 25.4. The Kier molecular flexibility index (Phi) is 17.6. The number of phenolic OH excluding ortho intramolecular Hbond substituents is 1. The van der Waals surface area contributed by atoms with E-state index in [4.69, 9.17) is 14.5 Å². The number of β-amino-alcohol motifs (C(OH)–C–C–N with tert-alkyl or cyclic N) is 2. The highest BCUT2D eigenvalue weighted by Crippen LogP contribution is 2.48. The van der Waals surface area contributed by atoms with Crippen LogP contribution in [0.2, 0.25) is 0 Å². The molecule has 5 N–H and O–H groups in total. The number of hydrogen-bond acceptors (Lipinski definition) is 19. The lowest BCUT2D eigenvalue weighted by atomic mass is 9.92. The third kappa shape index (κ3) is 12.9. The molecule has 1 aliphatic carbocycles. The number of aliphatic hydroxyl groups is 3. The van der Waals surface area contributed by atoms with Crippen LogP contribution in [0.15, 0.2) is 78.8 Å². The van der Waals surface area contributed by atoms with Gasteiger partial charge in [-0.15, -0.1) is 16.4 Å². The van der Waals surface area contributed by atoms with E-state index >= 15 is 8.78 Å². The number of aromatic nitrogens is 9. The van der Waals surface area contributed by atoms with Crippen LogP contribution in [0, 0.1) is 35.8 Å². The molecule has 0 spiro atoms. The largest absolute Gasteiger partial charge is 0.508 e. The van der Waals surface area contributed by atoms with E-state index in [2.05, 4.69) is 45.4 Å². The third-order valence-electron chi connectivity index (χ3n) is 18.3. The Labute approximate surface area is 524 Å². The molecule has 4 aliphatic rings. The monoisotopic (exact) mass is 1250 g/mol. The molecule has 3 aromatic carbocycles. The number of carbonyl (C=O) groups excluding carboxylic acids is 2. The number of anilines is 1. The van der Waals surface area contributed by atoms with Crippen LogP contribution in [-0.2, 0) is 16.0 Å². The van der Waals surface area contributed by atoms with E-state index < -0.39 is 59.4 Å². The molecule has 24 heteroatoms. The van der Waals surface area contributed by atoms with Gasteiger partial charge in [0.25, 0.3) is 0 Å². The van der Waals surface area contributed by atoms with Crippen molar-refractivity contribution < 1.29 is 48.3 Å². The Hall–Kier alpha value is -7.90. The van der Waals surface area contributed by atoms with Gasteiger partial charge in [-0.3, -0.25) is 14.6 Å². The summed E-state index contributed by atoms with van der Waals surface area (Å²) in [6.45, 7) is 16.4. The molecular formula is C66H77F2N13O8S. The molecule has 5 aromatic heterocycles. The Bertz CT molecular complexity index is 3930. The van der Waals surface area contributed by atoms with Gasteiger partial charge >= 0.3 is 6.01 Å². The molecule has 1 saturated carbocycles. The van der Waals surface area contributed by atoms with E-state index in [0.29, 0.717) is 82.8 Å². The predicted molar refractivity (Wildman–Crippen MR) is 336 cm³/mol. The number of aromatic hydroxyl groups is 1. The Balaban J connectivity index is 0.673. The van der Waals surface area contributed by atoms with Gasteiger partial charge in [-0.1, -0.05) is 70.2 Å². The number of phenols is 1. The second-order valence-corrected chi connectivity index (χ2v) is 26.8. The Morgan fingerprint density at radius 2 is 1.70 bits per heavy atom. The van der Waals surface area contributed by atoms with Crippen LogP contribution < -0.4 is 19.7 Å². The van der Waals surface area contributed by atoms with E-state index in [1.165, 1.54) is 45.3 Å². The number of piperidine rings is 2. The summed E-state index contributed by atoms with van der Waals surface area (Å²) in [5.74, 6) is -1.95. The zero-order valence-electron chi connectivity index (χ0n) is 51.7. The quantitative estimate of drug-likeness (QED) is 0.0477. The van der Waals surface area contributed by atoms with Crippen LogP contribution in [0.1, 0.15) is 115 Å². The van der Waals surface area contributed by atoms with Crippen molar-refractivity contribution in [3.63, 3.8) is 0 Å². The summed E-state index contributed by atoms with van der Waals surface area (Å²) in [5, 5.41) is 57.4. The fourth-order valence-corrected chi connectivity index (χ4v) is 14.0. The van der Waals surface area contributed by atoms with Crippen molar-refractivity contribution in [2.75, 3.05) is 50.8 Å². The van der Waals surface area contributed by atoms with Crippen molar-refractivity contribution in [2.24, 2.45) is 17.3 Å². The van der Waals surface area contributed by atoms with E-state index in [9.17, 15) is 30.0 Å². The molecule has 2 amide bonds. The normalized spacial score (nSPS) is 20.7. The third-order valence-corrected chi connectivity index (χ3v) is 19.2. The zero-order valence-corrected chi connectivity index (χ0v) is 52.5. The highest BCUT2D eigenvalue weighted by Gasteiger charge is 2.47. The average Bonchev–Trinajstić information content (AvgIpc) is 1.04. The number of ether oxygens (including phenoxy) is 2. The number of benzene rings is 3. The van der Waals surface area contributed by atoms with Crippen molar-refractivity contribution in [2.45, 2.75) is 142 Å². The first-order valence-corrected chi connectivity index (χ1v) is 32.0. The molecule has 12 rings (SSSR count). The number of amides is 2. The van der Waals surface area contributed by atoms with Crippen molar-refractivity contribution >= 4 is 50.6 Å². The van der Waals surface area contributed by atoms with Crippen LogP contribution in [0.25, 0.3) is 54.8 Å². The summed E-state index contributed by atoms with van der Waals surface area (Å²) in [5.41, 5.74) is 4.50. The number of halogens is 2. The molecule has 8 aromatic rings. The number of rotatable bonds is 20. The highest BCUT2D eigenvalue weighted by atomic mass is 32.1. The lowest BCUT2D eigenvalue weighted by Crippen LogP contribution is -2.51. The molecule has 21 nitrogen and oxygen atoms in total. The van der Waals surface area contributed by atoms with E-state index in [-0.39, 0.29) is 71.4 Å². The summed E-state index contributed by atoms with van der Waals surface area (Å²) >= 11 is 1.54. The molecule has 3 saturated heterocycles. The van der Waals surface area contributed by atoms with Gasteiger partial charge in [0.2, 0.25) is 17.7 Å². The van der Waals surface area contributed by atoms with Crippen LogP contribution in [0.3, 0.4) is 0 Å². The molecule has 4 fully saturated rings. The second-order valence-electron chi connectivity index (χ2n) is 25.9. The van der Waals surface area contributed by atoms with Gasteiger partial charge in [-0.25, -0.2) is 28.4 Å². The number of carbonyl (C=O) groups is 2. The van der Waals surface area contributed by atoms with Crippen LogP contribution in [-0.4, -0.2) is 163 Å². The van der Waals surface area contributed by atoms with Crippen molar-refractivity contribution in [3.8, 4) is 50.7 Å². The first kappa shape index (κ1) is 62.3. The molecule has 0 unspecified atom stereocenters. The highest BCUT2D eigenvalue weighted by molar-refractivity contribution is 7.13. The molecule has 90 heavy (non-hydrogen) atoms. The lowest BCUT2D eigenvalue weighted by Gasteiger charge is -2.38. The number of aryl methyl sites for hydroxylation is 2. The first-order chi connectivity index (χ1) is 43.1. The van der Waals surface area contributed by atoms with Gasteiger partial charge in [-0.2, -0.15) is 9.97 Å². The van der Waals surface area contributed by atoms with E-state index in [1.54, 1.807) is 37.1 Å². The maximum Gasteiger partial charge on any atom is 0.319 e. The van der Waals surface area contributed by atoms with Gasteiger partial charge < -0.3 is 49.9 Å². The fraction of sp³-hybridized carbons (Fsp3) is 0.485. The number of fused-ring (bicyclic) bond motifs is 2. The molecule has 6 atom stereocenters. The maximum atomic E-state index is 17.2. The van der Waals surface area contributed by atoms with Gasteiger partial charge in [0.05, 0.1) is 70.5 Å². The first-order valence-electron chi connectivity index (χ1n) is 31.2. The summed E-state index contributed by atoms with van der Waals surface area (Å²) in [6.07, 6.45) is 9.21. The average molecular weight is 1250 g/mol. The van der Waals surface area contributed by atoms with Gasteiger partial charge in [0, 0.05) is 62.9 Å². The SMILES string of the molecule is CCc1c(F)ccc2cc(O)cc(-c3ncc4c(N5CCC[C@@](C)(O)C5)nc(OCC5(CN6CCC(Oc7cnc(-c8cn([C@H](C(=O)N9C[C@H](O)C[C@H]9C(=O)N[C@H](c9ccc(-c%10scnc%10C)cc9)[C@H](O)C(C)C)C(C)C)nn8)cn7)CC6)CC5)nc4c3F)c12. The zero-order chi connectivity index (χ0) is 63.3. The Morgan fingerprint density at radius 3 is 2.38 bits per heavy atom. The predicted octanol–water partition coefficient (Wildman–Crippen LogP) is 8.96. The van der Waals surface area contributed by atoms with Crippen molar-refractivity contribution in [1.29, 1.82) is 0 Å². The molecule has 8 heterocycles. The lowest BCUT2D eigenvalue weighted by molar-refractivity contribution is -0.143. The van der Waals surface area contributed by atoms with E-state index in [1.807, 2.05) is 70.7 Å². The van der Waals surface area contributed by atoms with Crippen molar-refractivity contribution in [3.05, 3.63) is 107 Å². The smallest absolute Gasteiger partial charge is 0.319 e. The van der Waals surface area contributed by atoms with Crippen LogP contribution in [0.5, 0.6) is 17.6 Å². The summed E-state index contributed by atoms with van der Waals surface area (Å²) in [6, 6.07) is 10.8. The summed E-state index contributed by atoms with van der Waals surface area (Å²) in [7, 11) is 0. The number of nitrogens with one attached hydrogen (secondary N) is 1. The number of likely N-dealkylation sites (tertiary alicyclic amines) is 2. The molecule has 0 radical (unpaired) electrons. The summed E-state index contributed by atoms with van der Waals surface area (Å²) in [4.78, 5) is 63.3. The minimum absolute atomic E-state index is 0.00371. The van der Waals surface area contributed by atoms with Crippen molar-refractivity contribution in [1.82, 2.24) is 60.0 Å². The molecule has 0 bridgehead atoms. The van der Waals surface area contributed by atoms with Crippen LogP contribution >= 0.6 is 11.3 Å². The van der Waals surface area contributed by atoms with Gasteiger partial charge in [0.1, 0.15) is 58.2 Å². The number of pyridine rings is 1. The standard InChI is InChI=1S/C66H77F2N13O8S/c1-8-45-48(67)15-14-41-24-42(82)25-46(53(41)45)56-54(68)57-47(27-71-56)61(79-21-9-18-65(7,87)32-79)75-64(74-57)88-34-66(19-20-66)33-78-22-16-44(17-23-78)89-52-29-69-49(28-70-52)50-31-81(77-76-50)58(36(2)3)63(86)80-30-43(83)26-51(80)62(85)73-55(59(84)37(4)5)39-10-12-40(13-11-39)60-38(6)72-35-90-60/h10-15,24-25,27-29,31,35-37,43-44,51,55,58-59,82-84,87H,8-9,16-23,26,30,32-34H2,1-7H3,(H,73,85)/t43-,51+,55-,58+,59-,65-/m1/s1. The number of aliphatic hydroxyl groups excluding tert-OH is 2.